The molecule has 1 unspecified atom stereocenters. The van der Waals surface area contributed by atoms with Gasteiger partial charge in [-0.25, -0.2) is 15.0 Å². The van der Waals surface area contributed by atoms with Gasteiger partial charge in [-0.15, -0.1) is 0 Å². The minimum Gasteiger partial charge on any atom is -0.369 e. The highest BCUT2D eigenvalue weighted by Crippen LogP contribution is 2.21. The molecule has 106 valence electrons. The number of aryl methyl sites for hydroxylation is 2. The molecule has 1 aliphatic heterocycles. The van der Waals surface area contributed by atoms with E-state index in [2.05, 4.69) is 24.8 Å². The molecule has 20 heavy (non-hydrogen) atoms. The molecule has 1 saturated heterocycles. The molecule has 6 nitrogen and oxygen atoms in total. The molecule has 1 fully saturated rings. The summed E-state index contributed by atoms with van der Waals surface area (Å²) in [4.78, 5) is 18.4. The summed E-state index contributed by atoms with van der Waals surface area (Å²) in [5.41, 5.74) is 3.19. The third-order valence-electron chi connectivity index (χ3n) is 3.59. The van der Waals surface area contributed by atoms with Crippen LogP contribution in [0.2, 0.25) is 0 Å². The van der Waals surface area contributed by atoms with E-state index in [1.54, 1.807) is 12.5 Å². The van der Waals surface area contributed by atoms with Gasteiger partial charge in [-0.05, 0) is 19.9 Å². The van der Waals surface area contributed by atoms with E-state index in [-0.39, 0.29) is 6.10 Å². The minimum absolute atomic E-state index is 0.0182. The molecule has 1 N–H and O–H groups in total. The Hall–Kier alpha value is -1.79. The van der Waals surface area contributed by atoms with Gasteiger partial charge in [0.25, 0.3) is 0 Å². The summed E-state index contributed by atoms with van der Waals surface area (Å²) >= 11 is 0. The Bertz CT molecular complexity index is 582. The van der Waals surface area contributed by atoms with E-state index < -0.39 is 0 Å². The summed E-state index contributed by atoms with van der Waals surface area (Å²) in [6.45, 7) is 7.28. The van der Waals surface area contributed by atoms with Gasteiger partial charge >= 0.3 is 0 Å². The van der Waals surface area contributed by atoms with Gasteiger partial charge in [0.15, 0.2) is 0 Å². The van der Waals surface area contributed by atoms with Crippen LogP contribution in [0.1, 0.15) is 29.0 Å². The molecule has 0 bridgehead atoms. The smallest absolute Gasteiger partial charge is 0.125 e. The number of ether oxygens (including phenoxy) is 1. The van der Waals surface area contributed by atoms with Gasteiger partial charge in [0.2, 0.25) is 0 Å². The second-order valence-electron chi connectivity index (χ2n) is 5.10. The van der Waals surface area contributed by atoms with Crippen molar-refractivity contribution in [2.45, 2.75) is 26.5 Å². The average Bonchev–Trinajstić information content (AvgIpc) is 2.85. The molecule has 2 aromatic rings. The van der Waals surface area contributed by atoms with Crippen LogP contribution in [0.3, 0.4) is 0 Å². The topological polar surface area (TPSA) is 66.9 Å². The second kappa shape index (κ2) is 5.68. The van der Waals surface area contributed by atoms with E-state index >= 15 is 0 Å². The fraction of sp³-hybridized carbons (Fsp3) is 0.500. The Kier molecular flexibility index (Phi) is 3.75. The van der Waals surface area contributed by atoms with Gasteiger partial charge in [-0.1, -0.05) is 0 Å². The molecule has 0 radical (unpaired) electrons. The summed E-state index contributed by atoms with van der Waals surface area (Å²) in [5.74, 6) is 0.784. The molecule has 0 aliphatic carbocycles. The first-order valence-electron chi connectivity index (χ1n) is 6.85. The van der Waals surface area contributed by atoms with Crippen LogP contribution in [-0.2, 0) is 11.3 Å². The first-order valence-corrected chi connectivity index (χ1v) is 6.85. The summed E-state index contributed by atoms with van der Waals surface area (Å²) < 4.78 is 5.84. The number of H-pyrrole nitrogens is 1. The fourth-order valence-corrected chi connectivity index (χ4v) is 2.44. The monoisotopic (exact) mass is 273 g/mol. The summed E-state index contributed by atoms with van der Waals surface area (Å²) in [6.07, 6.45) is 3.55. The maximum atomic E-state index is 5.84. The van der Waals surface area contributed by atoms with Crippen LogP contribution in [0, 0.1) is 13.8 Å². The maximum absolute atomic E-state index is 5.84. The summed E-state index contributed by atoms with van der Waals surface area (Å²) in [5, 5.41) is 0. The molecule has 3 rings (SSSR count). The van der Waals surface area contributed by atoms with E-state index in [9.17, 15) is 0 Å². The van der Waals surface area contributed by atoms with Crippen molar-refractivity contribution < 1.29 is 4.74 Å². The van der Waals surface area contributed by atoms with E-state index in [1.807, 2.05) is 19.9 Å². The molecule has 3 heterocycles. The van der Waals surface area contributed by atoms with Crippen LogP contribution in [0.5, 0.6) is 0 Å². The Morgan fingerprint density at radius 1 is 1.40 bits per heavy atom. The lowest BCUT2D eigenvalue weighted by atomic mass is 10.2. The zero-order valence-corrected chi connectivity index (χ0v) is 11.8. The first kappa shape index (κ1) is 13.2. The summed E-state index contributed by atoms with van der Waals surface area (Å²) in [7, 11) is 0. The van der Waals surface area contributed by atoms with Crippen molar-refractivity contribution in [3.8, 4) is 0 Å². The van der Waals surface area contributed by atoms with Crippen molar-refractivity contribution >= 4 is 0 Å². The Morgan fingerprint density at radius 2 is 2.30 bits per heavy atom. The van der Waals surface area contributed by atoms with Crippen LogP contribution in [0.15, 0.2) is 18.6 Å². The lowest BCUT2D eigenvalue weighted by molar-refractivity contribution is -0.0355. The number of rotatable bonds is 3. The SMILES string of the molecule is Cc1nccc(C2CN(Cc3nc[nH]c3C)CCO2)n1. The van der Waals surface area contributed by atoms with Crippen LogP contribution >= 0.6 is 0 Å². The number of hydrogen-bond donors (Lipinski definition) is 1. The molecule has 6 heteroatoms. The third kappa shape index (κ3) is 2.86. The van der Waals surface area contributed by atoms with Crippen molar-refractivity contribution in [1.29, 1.82) is 0 Å². The lowest BCUT2D eigenvalue weighted by Crippen LogP contribution is -2.38. The van der Waals surface area contributed by atoms with Crippen molar-refractivity contribution in [2.24, 2.45) is 0 Å². The van der Waals surface area contributed by atoms with Gasteiger partial charge in [0, 0.05) is 31.5 Å². The van der Waals surface area contributed by atoms with E-state index in [1.165, 1.54) is 0 Å². The number of nitrogens with zero attached hydrogens (tertiary/aromatic N) is 4. The number of aromatic nitrogens is 4. The predicted octanol–water partition coefficient (Wildman–Crippen LogP) is 1.39. The number of nitrogens with one attached hydrogen (secondary N) is 1. The number of imidazole rings is 1. The highest BCUT2D eigenvalue weighted by Gasteiger charge is 2.24. The van der Waals surface area contributed by atoms with Crippen LogP contribution in [0.25, 0.3) is 0 Å². The molecule has 0 spiro atoms. The van der Waals surface area contributed by atoms with Gasteiger partial charge in [0.1, 0.15) is 11.9 Å². The van der Waals surface area contributed by atoms with E-state index in [0.717, 1.165) is 49.1 Å². The Balaban J connectivity index is 1.69. The van der Waals surface area contributed by atoms with Crippen molar-refractivity contribution in [3.05, 3.63) is 41.5 Å². The van der Waals surface area contributed by atoms with Crippen LogP contribution in [-0.4, -0.2) is 44.5 Å². The lowest BCUT2D eigenvalue weighted by Gasteiger charge is -2.32. The molecule has 2 aromatic heterocycles. The largest absolute Gasteiger partial charge is 0.369 e. The molecular formula is C14H19N5O. The van der Waals surface area contributed by atoms with Crippen molar-refractivity contribution in [1.82, 2.24) is 24.8 Å². The average molecular weight is 273 g/mol. The van der Waals surface area contributed by atoms with Crippen LogP contribution < -0.4 is 0 Å². The van der Waals surface area contributed by atoms with Crippen molar-refractivity contribution in [2.75, 3.05) is 19.7 Å². The maximum Gasteiger partial charge on any atom is 0.125 e. The zero-order valence-electron chi connectivity index (χ0n) is 11.8. The highest BCUT2D eigenvalue weighted by molar-refractivity contribution is 5.10. The number of aromatic amines is 1. The first-order chi connectivity index (χ1) is 9.72. The van der Waals surface area contributed by atoms with E-state index in [4.69, 9.17) is 4.74 Å². The Labute approximate surface area is 118 Å². The van der Waals surface area contributed by atoms with Crippen LogP contribution in [0.4, 0.5) is 0 Å². The minimum atomic E-state index is 0.0182. The number of hydrogen-bond acceptors (Lipinski definition) is 5. The van der Waals surface area contributed by atoms with E-state index in [0.29, 0.717) is 0 Å². The molecule has 1 atom stereocenters. The van der Waals surface area contributed by atoms with Gasteiger partial charge in [-0.2, -0.15) is 0 Å². The number of morpholine rings is 1. The molecule has 0 aromatic carbocycles. The standard InChI is InChI=1S/C14H19N5O/c1-10-13(17-9-16-10)7-19-5-6-20-14(8-19)12-3-4-15-11(2)18-12/h3-4,9,14H,5-8H2,1-2H3,(H,16,17). The van der Waals surface area contributed by atoms with Crippen molar-refractivity contribution in [3.63, 3.8) is 0 Å². The molecule has 0 amide bonds. The van der Waals surface area contributed by atoms with Gasteiger partial charge < -0.3 is 9.72 Å². The molecular weight excluding hydrogens is 254 g/mol. The Morgan fingerprint density at radius 3 is 3.05 bits per heavy atom. The summed E-state index contributed by atoms with van der Waals surface area (Å²) in [6, 6.07) is 1.93. The highest BCUT2D eigenvalue weighted by atomic mass is 16.5. The zero-order chi connectivity index (χ0) is 13.9. The molecule has 1 aliphatic rings. The van der Waals surface area contributed by atoms with Gasteiger partial charge in [0.05, 0.1) is 24.3 Å². The molecule has 0 saturated carbocycles. The third-order valence-corrected chi connectivity index (χ3v) is 3.59. The quantitative estimate of drug-likeness (QED) is 0.915. The second-order valence-corrected chi connectivity index (χ2v) is 5.10. The fourth-order valence-electron chi connectivity index (χ4n) is 2.44. The predicted molar refractivity (Wildman–Crippen MR) is 74.1 cm³/mol. The normalized spacial score (nSPS) is 20.2. The van der Waals surface area contributed by atoms with Gasteiger partial charge in [-0.3, -0.25) is 4.90 Å².